The van der Waals surface area contributed by atoms with Crippen LogP contribution >= 0.6 is 0 Å². The van der Waals surface area contributed by atoms with Crippen LogP contribution in [-0.4, -0.2) is 51.8 Å². The average molecular weight is 370 g/mol. The van der Waals surface area contributed by atoms with E-state index in [1.807, 2.05) is 49.5 Å². The lowest BCUT2D eigenvalue weighted by Gasteiger charge is -2.31. The third-order valence-corrected chi connectivity index (χ3v) is 5.32. The molecule has 27 heavy (non-hydrogen) atoms. The molecule has 0 saturated carbocycles. The van der Waals surface area contributed by atoms with Crippen LogP contribution in [0.25, 0.3) is 0 Å². The van der Waals surface area contributed by atoms with Crippen molar-refractivity contribution in [2.75, 3.05) is 44.7 Å². The molecule has 1 aliphatic heterocycles. The molecule has 1 fully saturated rings. The molecule has 0 radical (unpaired) electrons. The zero-order valence-corrected chi connectivity index (χ0v) is 16.2. The predicted octanol–water partition coefficient (Wildman–Crippen LogP) is -0.0384. The second kappa shape index (κ2) is 9.37. The van der Waals surface area contributed by atoms with Gasteiger partial charge in [0.1, 0.15) is 31.9 Å². The second-order valence-electron chi connectivity index (χ2n) is 7.00. The molecule has 6 heteroatoms. The maximum atomic E-state index is 12.5. The molecule has 0 bridgehead atoms. The van der Waals surface area contributed by atoms with Crippen LogP contribution in [0.15, 0.2) is 48.7 Å². The first-order chi connectivity index (χ1) is 13.2. The van der Waals surface area contributed by atoms with Crippen molar-refractivity contribution >= 4 is 11.7 Å². The third-order valence-electron chi connectivity index (χ3n) is 5.32. The molecule has 0 spiro atoms. The highest BCUT2D eigenvalue weighted by atomic mass is 16.5. The molecule has 2 aromatic rings. The molecule has 1 aliphatic rings. The molecule has 1 aromatic heterocycles. The minimum Gasteiger partial charge on any atom is -0.497 e. The van der Waals surface area contributed by atoms with Crippen LogP contribution in [0.5, 0.6) is 5.75 Å². The second-order valence-corrected chi connectivity index (χ2v) is 7.00. The summed E-state index contributed by atoms with van der Waals surface area (Å²) >= 11 is 0. The normalized spacial score (nSPS) is 16.0. The number of ether oxygens (including phenoxy) is 1. The van der Waals surface area contributed by atoms with E-state index in [9.17, 15) is 4.79 Å². The lowest BCUT2D eigenvalue weighted by atomic mass is 10.1. The maximum absolute atomic E-state index is 12.5. The Labute approximate surface area is 161 Å². The summed E-state index contributed by atoms with van der Waals surface area (Å²) < 4.78 is 5.17. The Morgan fingerprint density at radius 1 is 1.22 bits per heavy atom. The van der Waals surface area contributed by atoms with Crippen molar-refractivity contribution in [1.29, 1.82) is 0 Å². The first-order valence-corrected chi connectivity index (χ1v) is 9.64. The van der Waals surface area contributed by atoms with Gasteiger partial charge in [-0.05, 0) is 37.1 Å². The summed E-state index contributed by atoms with van der Waals surface area (Å²) in [5, 5.41) is 3.09. The Bertz CT molecular complexity index is 713. The molecule has 0 unspecified atom stereocenters. The summed E-state index contributed by atoms with van der Waals surface area (Å²) in [6, 6.07) is 14.1. The minimum absolute atomic E-state index is 0.0252. The molecular formula is C21H30N4O2+2. The van der Waals surface area contributed by atoms with Gasteiger partial charge in [0.2, 0.25) is 0 Å². The van der Waals surface area contributed by atoms with Crippen LogP contribution < -0.4 is 24.8 Å². The van der Waals surface area contributed by atoms with Crippen molar-refractivity contribution in [3.63, 3.8) is 0 Å². The van der Waals surface area contributed by atoms with Crippen LogP contribution in [0.2, 0.25) is 0 Å². The SMILES string of the molecule is COc1ccc(CCNC(=O)[C@@H](C)[NH+]2CCN(c3cccc[nH+]3)CC2)cc1. The lowest BCUT2D eigenvalue weighted by Crippen LogP contribution is -3.19. The highest BCUT2D eigenvalue weighted by molar-refractivity contribution is 5.79. The van der Waals surface area contributed by atoms with E-state index in [0.717, 1.165) is 44.2 Å². The Balaban J connectivity index is 1.41. The van der Waals surface area contributed by atoms with E-state index in [4.69, 9.17) is 4.74 Å². The molecule has 1 amide bonds. The van der Waals surface area contributed by atoms with Gasteiger partial charge in [-0.1, -0.05) is 18.2 Å². The molecule has 2 heterocycles. The summed E-state index contributed by atoms with van der Waals surface area (Å²) in [7, 11) is 1.66. The Kier molecular flexibility index (Phi) is 6.65. The maximum Gasteiger partial charge on any atom is 0.278 e. The molecule has 0 aliphatic carbocycles. The lowest BCUT2D eigenvalue weighted by molar-refractivity contribution is -0.914. The Morgan fingerprint density at radius 2 is 1.96 bits per heavy atom. The van der Waals surface area contributed by atoms with Gasteiger partial charge in [-0.2, -0.15) is 0 Å². The number of H-pyrrole nitrogens is 1. The highest BCUT2D eigenvalue weighted by Gasteiger charge is 2.32. The monoisotopic (exact) mass is 370 g/mol. The number of nitrogens with one attached hydrogen (secondary N) is 3. The number of carbonyl (C=O) groups is 1. The number of amides is 1. The summed E-state index contributed by atoms with van der Waals surface area (Å²) in [5.74, 6) is 2.14. The standard InChI is InChI=1S/C21H28N4O2/c1-17(21(26)23-12-10-18-6-8-19(27-2)9-7-18)24-13-15-25(16-14-24)20-5-3-4-11-22-20/h3-9,11,17H,10,12-16H2,1-2H3,(H,23,26)/p+2/t17-/m1/s1. The number of hydrogen-bond donors (Lipinski definition) is 2. The van der Waals surface area contributed by atoms with Gasteiger partial charge in [0.25, 0.3) is 11.7 Å². The molecule has 1 saturated heterocycles. The van der Waals surface area contributed by atoms with Crippen molar-refractivity contribution in [2.24, 2.45) is 0 Å². The van der Waals surface area contributed by atoms with Gasteiger partial charge in [-0.3, -0.25) is 9.69 Å². The summed E-state index contributed by atoms with van der Waals surface area (Å²) in [5.41, 5.74) is 1.20. The molecule has 1 atom stereocenters. The first kappa shape index (κ1) is 19.2. The molecule has 144 valence electrons. The summed E-state index contributed by atoms with van der Waals surface area (Å²) in [6.45, 7) is 6.54. The topological polar surface area (TPSA) is 60.1 Å². The number of piperazine rings is 1. The molecule has 3 rings (SSSR count). The number of pyridine rings is 1. The number of benzene rings is 1. The van der Waals surface area contributed by atoms with Crippen LogP contribution in [-0.2, 0) is 11.2 Å². The van der Waals surface area contributed by atoms with Crippen molar-refractivity contribution in [3.05, 3.63) is 54.2 Å². The largest absolute Gasteiger partial charge is 0.497 e. The first-order valence-electron chi connectivity index (χ1n) is 9.64. The minimum atomic E-state index is -0.0252. The quantitative estimate of drug-likeness (QED) is 0.719. The van der Waals surface area contributed by atoms with Crippen LogP contribution in [0.3, 0.4) is 0 Å². The van der Waals surface area contributed by atoms with Crippen molar-refractivity contribution < 1.29 is 19.4 Å². The van der Waals surface area contributed by atoms with Gasteiger partial charge in [0, 0.05) is 12.6 Å². The highest BCUT2D eigenvalue weighted by Crippen LogP contribution is 2.11. The number of carbonyl (C=O) groups excluding carboxylic acids is 1. The van der Waals surface area contributed by atoms with E-state index in [1.165, 1.54) is 10.5 Å². The van der Waals surface area contributed by atoms with Crippen molar-refractivity contribution in [3.8, 4) is 5.75 Å². The van der Waals surface area contributed by atoms with E-state index < -0.39 is 0 Å². The molecule has 3 N–H and O–H groups in total. The van der Waals surface area contributed by atoms with Gasteiger partial charge in [-0.15, -0.1) is 0 Å². The number of aromatic amines is 1. The zero-order chi connectivity index (χ0) is 19.1. The summed E-state index contributed by atoms with van der Waals surface area (Å²) in [6.07, 6.45) is 2.78. The number of hydrogen-bond acceptors (Lipinski definition) is 3. The van der Waals surface area contributed by atoms with Gasteiger partial charge in [0.05, 0.1) is 13.3 Å². The van der Waals surface area contributed by atoms with Crippen molar-refractivity contribution in [2.45, 2.75) is 19.4 Å². The summed E-state index contributed by atoms with van der Waals surface area (Å²) in [4.78, 5) is 19.5. The van der Waals surface area contributed by atoms with Crippen molar-refractivity contribution in [1.82, 2.24) is 5.32 Å². The fourth-order valence-corrected chi connectivity index (χ4v) is 3.51. The van der Waals surface area contributed by atoms with Gasteiger partial charge in [-0.25, -0.2) is 4.98 Å². The van der Waals surface area contributed by atoms with Crippen LogP contribution in [0, 0.1) is 0 Å². The van der Waals surface area contributed by atoms with Crippen LogP contribution in [0.1, 0.15) is 12.5 Å². The fourth-order valence-electron chi connectivity index (χ4n) is 3.51. The van der Waals surface area contributed by atoms with E-state index in [0.29, 0.717) is 6.54 Å². The van der Waals surface area contributed by atoms with E-state index >= 15 is 0 Å². The van der Waals surface area contributed by atoms with E-state index in [1.54, 1.807) is 7.11 Å². The fraction of sp³-hybridized carbons (Fsp3) is 0.429. The molecule has 1 aromatic carbocycles. The number of aromatic nitrogens is 1. The number of quaternary nitrogens is 1. The zero-order valence-electron chi connectivity index (χ0n) is 16.2. The predicted molar refractivity (Wildman–Crippen MR) is 105 cm³/mol. The smallest absolute Gasteiger partial charge is 0.278 e. The average Bonchev–Trinajstić information content (AvgIpc) is 2.74. The van der Waals surface area contributed by atoms with E-state index in [2.05, 4.69) is 21.3 Å². The molecular weight excluding hydrogens is 340 g/mol. The van der Waals surface area contributed by atoms with Gasteiger partial charge >= 0.3 is 0 Å². The van der Waals surface area contributed by atoms with E-state index in [-0.39, 0.29) is 11.9 Å². The van der Waals surface area contributed by atoms with Gasteiger partial charge < -0.3 is 15.0 Å². The van der Waals surface area contributed by atoms with Crippen LogP contribution in [0.4, 0.5) is 5.82 Å². The molecule has 6 nitrogen and oxygen atoms in total. The Morgan fingerprint density at radius 3 is 2.59 bits per heavy atom. The Hall–Kier alpha value is -2.60. The number of anilines is 1. The third kappa shape index (κ3) is 5.20. The number of methoxy groups -OCH3 is 1. The number of rotatable bonds is 7. The number of nitrogens with zero attached hydrogens (tertiary/aromatic N) is 1. The van der Waals surface area contributed by atoms with Gasteiger partial charge in [0.15, 0.2) is 6.04 Å².